The molecule has 0 aliphatic heterocycles. The molecule has 1 nitrogen and oxygen atoms in total. The van der Waals surface area contributed by atoms with Gasteiger partial charge in [-0.15, -0.1) is 0 Å². The molecule has 0 amide bonds. The summed E-state index contributed by atoms with van der Waals surface area (Å²) in [6.07, 6.45) is 0. The fourth-order valence-corrected chi connectivity index (χ4v) is 2.71. The van der Waals surface area contributed by atoms with Crippen LogP contribution in [0, 0.1) is 0 Å². The summed E-state index contributed by atoms with van der Waals surface area (Å²) in [5, 5.41) is 2.09. The number of hydrogen-bond donors (Lipinski definition) is 0. The maximum Gasteiger partial charge on any atom is 0.150 e. The third kappa shape index (κ3) is 1.94. The minimum absolute atomic E-state index is 0.0689. The molecule has 2 rings (SSSR count). The molecular weight excluding hydrogens is 335 g/mol. The second kappa shape index (κ2) is 4.56. The molecule has 1 aromatic carbocycles. The Balaban J connectivity index is 3.07. The highest BCUT2D eigenvalue weighted by atomic mass is 35.5. The molecule has 0 saturated carbocycles. The van der Waals surface area contributed by atoms with Gasteiger partial charge >= 0.3 is 0 Å². The van der Waals surface area contributed by atoms with Gasteiger partial charge in [0, 0.05) is 10.8 Å². The Morgan fingerprint density at radius 2 is 1.38 bits per heavy atom. The minimum Gasteiger partial charge on any atom is -0.222 e. The molecule has 1 aromatic heterocycles. The highest BCUT2D eigenvalue weighted by Gasteiger charge is 2.17. The van der Waals surface area contributed by atoms with Crippen LogP contribution < -0.4 is 0 Å². The largest absolute Gasteiger partial charge is 0.222 e. The summed E-state index contributed by atoms with van der Waals surface area (Å²) >= 11 is 35.5. The van der Waals surface area contributed by atoms with E-state index in [1.54, 1.807) is 6.07 Å². The smallest absolute Gasteiger partial charge is 0.150 e. The van der Waals surface area contributed by atoms with Gasteiger partial charge in [0.05, 0.1) is 20.1 Å². The lowest BCUT2D eigenvalue weighted by Crippen LogP contribution is -1.86. The van der Waals surface area contributed by atoms with E-state index in [0.29, 0.717) is 10.8 Å². The quantitative estimate of drug-likeness (QED) is 0.415. The lowest BCUT2D eigenvalue weighted by Gasteiger charge is -2.09. The molecule has 0 aliphatic carbocycles. The molecule has 16 heavy (non-hydrogen) atoms. The number of hydrogen-bond acceptors (Lipinski definition) is 1. The average Bonchev–Trinajstić information content (AvgIpc) is 2.22. The predicted octanol–water partition coefficient (Wildman–Crippen LogP) is 6.16. The Bertz CT molecular complexity index is 595. The van der Waals surface area contributed by atoms with Crippen LogP contribution in [0.3, 0.4) is 0 Å². The van der Waals surface area contributed by atoms with E-state index in [4.69, 9.17) is 69.6 Å². The van der Waals surface area contributed by atoms with Gasteiger partial charge < -0.3 is 0 Å². The van der Waals surface area contributed by atoms with Crippen molar-refractivity contribution >= 4 is 80.4 Å². The molecule has 0 atom stereocenters. The van der Waals surface area contributed by atoms with E-state index in [-0.39, 0.29) is 30.4 Å². The monoisotopic (exact) mass is 333 g/mol. The van der Waals surface area contributed by atoms with Crippen molar-refractivity contribution in [1.29, 1.82) is 0 Å². The van der Waals surface area contributed by atoms with Crippen LogP contribution in [0.25, 0.3) is 10.8 Å². The van der Waals surface area contributed by atoms with Gasteiger partial charge in [-0.1, -0.05) is 69.6 Å². The number of nitrogens with zero attached hydrogens (tertiary/aromatic N) is 1. The summed E-state index contributed by atoms with van der Waals surface area (Å²) in [6.45, 7) is 0. The van der Waals surface area contributed by atoms with E-state index in [9.17, 15) is 0 Å². The van der Waals surface area contributed by atoms with Crippen LogP contribution in [0.1, 0.15) is 0 Å². The molecule has 0 saturated heterocycles. The zero-order chi connectivity index (χ0) is 12.0. The lowest BCUT2D eigenvalue weighted by atomic mass is 10.2. The molecule has 0 bridgehead atoms. The lowest BCUT2D eigenvalue weighted by molar-refractivity contribution is 1.36. The number of pyridine rings is 1. The third-order valence-electron chi connectivity index (χ3n) is 1.98. The summed E-state index contributed by atoms with van der Waals surface area (Å²) in [4.78, 5) is 3.85. The van der Waals surface area contributed by atoms with Crippen molar-refractivity contribution in [3.63, 3.8) is 0 Å². The number of benzene rings is 1. The first-order valence-corrected chi connectivity index (χ1v) is 6.18. The summed E-state index contributed by atoms with van der Waals surface area (Å²) in [5.41, 5.74) is 0. The Morgan fingerprint density at radius 1 is 0.750 bits per heavy atom. The fraction of sp³-hybridized carbons (Fsp3) is 0. The predicted molar refractivity (Wildman–Crippen MR) is 71.8 cm³/mol. The van der Waals surface area contributed by atoms with Crippen molar-refractivity contribution in [1.82, 2.24) is 4.98 Å². The van der Waals surface area contributed by atoms with Gasteiger partial charge in [-0.25, -0.2) is 4.98 Å². The Morgan fingerprint density at radius 3 is 2.00 bits per heavy atom. The van der Waals surface area contributed by atoms with Crippen molar-refractivity contribution in [2.75, 3.05) is 0 Å². The fourth-order valence-electron chi connectivity index (χ4n) is 1.27. The highest BCUT2D eigenvalue weighted by Crippen LogP contribution is 2.43. The summed E-state index contributed by atoms with van der Waals surface area (Å²) in [7, 11) is 0. The first-order chi connectivity index (χ1) is 7.43. The van der Waals surface area contributed by atoms with Crippen molar-refractivity contribution in [2.24, 2.45) is 0 Å². The SMILES string of the molecule is Clc1cc2c(Cl)nc(Cl)c(Cl)c2c(Cl)c1Cl. The van der Waals surface area contributed by atoms with Crippen LogP contribution >= 0.6 is 69.6 Å². The number of rotatable bonds is 0. The zero-order valence-electron chi connectivity index (χ0n) is 7.29. The van der Waals surface area contributed by atoms with Crippen LogP contribution in [0.5, 0.6) is 0 Å². The molecule has 1 heterocycles. The van der Waals surface area contributed by atoms with Crippen LogP contribution in [-0.2, 0) is 0 Å². The second-order valence-electron chi connectivity index (χ2n) is 2.92. The topological polar surface area (TPSA) is 12.9 Å². The number of fused-ring (bicyclic) bond motifs is 1. The minimum atomic E-state index is 0.0689. The summed E-state index contributed by atoms with van der Waals surface area (Å²) in [5.74, 6) is 0. The maximum atomic E-state index is 6.03. The van der Waals surface area contributed by atoms with E-state index in [1.165, 1.54) is 0 Å². The molecule has 2 aromatic rings. The third-order valence-corrected chi connectivity index (χ3v) is 4.27. The van der Waals surface area contributed by atoms with Gasteiger partial charge in [0.1, 0.15) is 10.3 Å². The van der Waals surface area contributed by atoms with Crippen LogP contribution in [0.15, 0.2) is 6.07 Å². The van der Waals surface area contributed by atoms with E-state index in [0.717, 1.165) is 0 Å². The van der Waals surface area contributed by atoms with Crippen molar-refractivity contribution in [3.8, 4) is 0 Å². The normalized spacial score (nSPS) is 11.1. The first-order valence-electron chi connectivity index (χ1n) is 3.91. The Labute approximate surface area is 121 Å². The first kappa shape index (κ1) is 12.8. The highest BCUT2D eigenvalue weighted by molar-refractivity contribution is 6.54. The van der Waals surface area contributed by atoms with E-state index >= 15 is 0 Å². The molecule has 0 fully saturated rings. The summed E-state index contributed by atoms with van der Waals surface area (Å²) in [6, 6.07) is 1.54. The molecule has 0 aliphatic rings. The van der Waals surface area contributed by atoms with E-state index in [2.05, 4.69) is 4.98 Å². The van der Waals surface area contributed by atoms with E-state index < -0.39 is 0 Å². The average molecular weight is 336 g/mol. The van der Waals surface area contributed by atoms with Crippen molar-refractivity contribution < 1.29 is 0 Å². The van der Waals surface area contributed by atoms with Gasteiger partial charge in [0.25, 0.3) is 0 Å². The van der Waals surface area contributed by atoms with Gasteiger partial charge in [-0.3, -0.25) is 0 Å². The van der Waals surface area contributed by atoms with Gasteiger partial charge in [-0.05, 0) is 6.07 Å². The molecule has 7 heteroatoms. The molecule has 84 valence electrons. The molecule has 0 radical (unpaired) electrons. The van der Waals surface area contributed by atoms with Crippen LogP contribution in [-0.4, -0.2) is 4.98 Å². The van der Waals surface area contributed by atoms with Gasteiger partial charge in [0.15, 0.2) is 0 Å². The van der Waals surface area contributed by atoms with E-state index in [1.807, 2.05) is 0 Å². The van der Waals surface area contributed by atoms with Crippen molar-refractivity contribution in [2.45, 2.75) is 0 Å². The number of halogens is 6. The Hall–Kier alpha value is 0.370. The molecule has 0 unspecified atom stereocenters. The second-order valence-corrected chi connectivity index (χ2v) is 5.17. The molecule has 0 spiro atoms. The van der Waals surface area contributed by atoms with Gasteiger partial charge in [0.2, 0.25) is 0 Å². The summed E-state index contributed by atoms with van der Waals surface area (Å²) < 4.78 is 0. The standard InChI is InChI=1S/C9HCl6N/c10-3-1-2-4(6(12)5(3)11)7(13)9(15)16-8(2)14/h1H. The number of aromatic nitrogens is 1. The molecular formula is C9HCl6N. The molecule has 0 N–H and O–H groups in total. The van der Waals surface area contributed by atoms with Gasteiger partial charge in [-0.2, -0.15) is 0 Å². The van der Waals surface area contributed by atoms with Crippen LogP contribution in [0.2, 0.25) is 30.4 Å². The van der Waals surface area contributed by atoms with Crippen LogP contribution in [0.4, 0.5) is 0 Å². The van der Waals surface area contributed by atoms with Crippen molar-refractivity contribution in [3.05, 3.63) is 36.5 Å². The Kier molecular flexibility index (Phi) is 3.66. The zero-order valence-corrected chi connectivity index (χ0v) is 11.8. The maximum absolute atomic E-state index is 6.03.